The predicted octanol–water partition coefficient (Wildman–Crippen LogP) is 3.67. The van der Waals surface area contributed by atoms with Crippen LogP contribution in [0.25, 0.3) is 11.3 Å². The summed E-state index contributed by atoms with van der Waals surface area (Å²) in [6.45, 7) is 5.40. The number of halogens is 1. The Morgan fingerprint density at radius 1 is 1.36 bits per heavy atom. The smallest absolute Gasteiger partial charge is 0.412 e. The number of nitrogen functional groups attached to an aromatic ring is 1. The molecular formula is C15H19ClN4O2. The number of ether oxygens (including phenoxy) is 1. The maximum Gasteiger partial charge on any atom is 0.412 e. The summed E-state index contributed by atoms with van der Waals surface area (Å²) >= 11 is 6.26. The molecule has 7 heteroatoms. The third-order valence-electron chi connectivity index (χ3n) is 2.81. The second kappa shape index (κ2) is 5.88. The van der Waals surface area contributed by atoms with Gasteiger partial charge >= 0.3 is 6.09 Å². The number of hydrogen-bond acceptors (Lipinski definition) is 4. The molecule has 0 atom stereocenters. The maximum atomic E-state index is 11.7. The molecule has 0 saturated carbocycles. The molecule has 2 aromatic rings. The first kappa shape index (κ1) is 16.2. The van der Waals surface area contributed by atoms with Gasteiger partial charge in [-0.1, -0.05) is 11.6 Å². The molecule has 0 bridgehead atoms. The molecule has 3 N–H and O–H groups in total. The van der Waals surface area contributed by atoms with Gasteiger partial charge in [0.1, 0.15) is 11.4 Å². The standard InChI is InChI=1S/C15H19ClN4O2/c1-15(2,3)22-14(21)18-9-5-6-10(11(16)7-9)12-8-13(17)20(4)19-12/h5-8H,17H2,1-4H3,(H,18,21). The normalized spacial score (nSPS) is 11.3. The van der Waals surface area contributed by atoms with E-state index in [0.717, 1.165) is 5.56 Å². The molecule has 22 heavy (non-hydrogen) atoms. The third-order valence-corrected chi connectivity index (χ3v) is 3.12. The summed E-state index contributed by atoms with van der Waals surface area (Å²) in [6, 6.07) is 6.89. The van der Waals surface area contributed by atoms with Crippen LogP contribution in [-0.4, -0.2) is 21.5 Å². The lowest BCUT2D eigenvalue weighted by molar-refractivity contribution is 0.0636. The summed E-state index contributed by atoms with van der Waals surface area (Å²) in [6.07, 6.45) is -0.529. The number of hydrogen-bond donors (Lipinski definition) is 2. The second-order valence-corrected chi connectivity index (χ2v) is 6.31. The van der Waals surface area contributed by atoms with Crippen LogP contribution in [0, 0.1) is 0 Å². The van der Waals surface area contributed by atoms with Crippen LogP contribution in [0.5, 0.6) is 0 Å². The maximum absolute atomic E-state index is 11.7. The van der Waals surface area contributed by atoms with Gasteiger partial charge in [-0.05, 0) is 39.0 Å². The highest BCUT2D eigenvalue weighted by Crippen LogP contribution is 2.30. The summed E-state index contributed by atoms with van der Waals surface area (Å²) < 4.78 is 6.76. The van der Waals surface area contributed by atoms with Crippen LogP contribution in [0.2, 0.25) is 5.02 Å². The van der Waals surface area contributed by atoms with Crippen molar-refractivity contribution in [2.45, 2.75) is 26.4 Å². The van der Waals surface area contributed by atoms with Gasteiger partial charge in [0.05, 0.1) is 10.7 Å². The fourth-order valence-corrected chi connectivity index (χ4v) is 2.11. The highest BCUT2D eigenvalue weighted by Gasteiger charge is 2.17. The van der Waals surface area contributed by atoms with Crippen LogP contribution in [0.15, 0.2) is 24.3 Å². The van der Waals surface area contributed by atoms with Crippen LogP contribution in [-0.2, 0) is 11.8 Å². The Hall–Kier alpha value is -2.21. The van der Waals surface area contributed by atoms with E-state index >= 15 is 0 Å². The van der Waals surface area contributed by atoms with E-state index < -0.39 is 11.7 Å². The van der Waals surface area contributed by atoms with Crippen molar-refractivity contribution in [1.29, 1.82) is 0 Å². The summed E-state index contributed by atoms with van der Waals surface area (Å²) in [5, 5.41) is 7.38. The lowest BCUT2D eigenvalue weighted by atomic mass is 10.1. The average molecular weight is 323 g/mol. The van der Waals surface area contributed by atoms with E-state index in [4.69, 9.17) is 22.1 Å². The molecule has 0 aliphatic rings. The van der Waals surface area contributed by atoms with Crippen LogP contribution in [0.3, 0.4) is 0 Å². The van der Waals surface area contributed by atoms with Crippen molar-refractivity contribution in [3.05, 3.63) is 29.3 Å². The van der Waals surface area contributed by atoms with Crippen molar-refractivity contribution >= 4 is 29.2 Å². The number of anilines is 2. The first-order valence-corrected chi connectivity index (χ1v) is 7.13. The molecule has 1 heterocycles. The van der Waals surface area contributed by atoms with E-state index in [1.54, 1.807) is 56.8 Å². The number of amides is 1. The summed E-state index contributed by atoms with van der Waals surface area (Å²) in [5.41, 5.74) is 7.17. The van der Waals surface area contributed by atoms with Gasteiger partial charge in [0, 0.05) is 24.4 Å². The Morgan fingerprint density at radius 2 is 2.05 bits per heavy atom. The molecule has 0 unspecified atom stereocenters. The Morgan fingerprint density at radius 3 is 2.55 bits per heavy atom. The Kier molecular flexibility index (Phi) is 4.32. The zero-order valence-corrected chi connectivity index (χ0v) is 13.7. The number of aromatic nitrogens is 2. The fraction of sp³-hybridized carbons (Fsp3) is 0.333. The minimum Gasteiger partial charge on any atom is -0.444 e. The van der Waals surface area contributed by atoms with Gasteiger partial charge in [0.2, 0.25) is 0 Å². The van der Waals surface area contributed by atoms with Crippen molar-refractivity contribution in [3.63, 3.8) is 0 Å². The number of nitrogens with two attached hydrogens (primary N) is 1. The average Bonchev–Trinajstić information content (AvgIpc) is 2.66. The first-order chi connectivity index (χ1) is 10.2. The van der Waals surface area contributed by atoms with E-state index in [1.165, 1.54) is 0 Å². The first-order valence-electron chi connectivity index (χ1n) is 6.75. The zero-order valence-electron chi connectivity index (χ0n) is 13.0. The van der Waals surface area contributed by atoms with Gasteiger partial charge in [-0.15, -0.1) is 0 Å². The highest BCUT2D eigenvalue weighted by atomic mass is 35.5. The Labute approximate surface area is 134 Å². The number of rotatable bonds is 2. The highest BCUT2D eigenvalue weighted by molar-refractivity contribution is 6.33. The van der Waals surface area contributed by atoms with Gasteiger partial charge in [-0.25, -0.2) is 4.79 Å². The molecule has 0 saturated heterocycles. The monoisotopic (exact) mass is 322 g/mol. The molecule has 6 nitrogen and oxygen atoms in total. The Bertz CT molecular complexity index is 685. The van der Waals surface area contributed by atoms with E-state index in [1.807, 2.05) is 0 Å². The summed E-state index contributed by atoms with van der Waals surface area (Å²) in [7, 11) is 1.76. The number of aryl methyl sites for hydroxylation is 1. The van der Waals surface area contributed by atoms with E-state index in [0.29, 0.717) is 22.2 Å². The van der Waals surface area contributed by atoms with Gasteiger partial charge in [-0.2, -0.15) is 5.10 Å². The summed E-state index contributed by atoms with van der Waals surface area (Å²) in [5.74, 6) is 0.544. The molecule has 1 amide bonds. The molecule has 0 aliphatic heterocycles. The van der Waals surface area contributed by atoms with Gasteiger partial charge in [-0.3, -0.25) is 10.00 Å². The minimum atomic E-state index is -0.556. The van der Waals surface area contributed by atoms with Crippen LogP contribution >= 0.6 is 11.6 Å². The van der Waals surface area contributed by atoms with Crippen LogP contribution in [0.4, 0.5) is 16.3 Å². The lowest BCUT2D eigenvalue weighted by Crippen LogP contribution is -2.27. The van der Waals surface area contributed by atoms with Gasteiger partial charge < -0.3 is 10.5 Å². The molecule has 118 valence electrons. The fourth-order valence-electron chi connectivity index (χ4n) is 1.84. The zero-order chi connectivity index (χ0) is 16.5. The second-order valence-electron chi connectivity index (χ2n) is 5.90. The Balaban J connectivity index is 2.18. The van der Waals surface area contributed by atoms with Crippen molar-refractivity contribution in [2.24, 2.45) is 7.05 Å². The number of benzene rings is 1. The lowest BCUT2D eigenvalue weighted by Gasteiger charge is -2.19. The van der Waals surface area contributed by atoms with Crippen LogP contribution < -0.4 is 11.1 Å². The van der Waals surface area contributed by atoms with Crippen molar-refractivity contribution in [2.75, 3.05) is 11.1 Å². The topological polar surface area (TPSA) is 82.2 Å². The molecule has 0 aliphatic carbocycles. The molecule has 0 fully saturated rings. The van der Waals surface area contributed by atoms with Crippen molar-refractivity contribution in [1.82, 2.24) is 9.78 Å². The molecule has 1 aromatic heterocycles. The predicted molar refractivity (Wildman–Crippen MR) is 87.9 cm³/mol. The van der Waals surface area contributed by atoms with Gasteiger partial charge in [0.25, 0.3) is 0 Å². The van der Waals surface area contributed by atoms with E-state index in [2.05, 4.69) is 10.4 Å². The molecule has 0 spiro atoms. The molecule has 2 rings (SSSR count). The molecule has 1 aromatic carbocycles. The largest absolute Gasteiger partial charge is 0.444 e. The van der Waals surface area contributed by atoms with Crippen LogP contribution in [0.1, 0.15) is 20.8 Å². The minimum absolute atomic E-state index is 0.464. The van der Waals surface area contributed by atoms with E-state index in [9.17, 15) is 4.79 Å². The van der Waals surface area contributed by atoms with E-state index in [-0.39, 0.29) is 0 Å². The summed E-state index contributed by atoms with van der Waals surface area (Å²) in [4.78, 5) is 11.7. The third kappa shape index (κ3) is 3.92. The van der Waals surface area contributed by atoms with Crippen molar-refractivity contribution < 1.29 is 9.53 Å². The number of carbonyl (C=O) groups is 1. The van der Waals surface area contributed by atoms with Gasteiger partial charge in [0.15, 0.2) is 0 Å². The number of carbonyl (C=O) groups excluding carboxylic acids is 1. The SMILES string of the molecule is Cn1nc(-c2ccc(NC(=O)OC(C)(C)C)cc2Cl)cc1N. The van der Waals surface area contributed by atoms with Crippen molar-refractivity contribution in [3.8, 4) is 11.3 Å². The molecule has 0 radical (unpaired) electrons. The number of nitrogens with zero attached hydrogens (tertiary/aromatic N) is 2. The molecular weight excluding hydrogens is 304 g/mol. The number of nitrogens with one attached hydrogen (secondary N) is 1. The quantitative estimate of drug-likeness (QED) is 0.883.